The van der Waals surface area contributed by atoms with E-state index in [4.69, 9.17) is 18.9 Å². The van der Waals surface area contributed by atoms with Crippen molar-refractivity contribution < 1.29 is 36.9 Å². The fourth-order valence-electron chi connectivity index (χ4n) is 6.80. The monoisotopic (exact) mass is 765 g/mol. The first-order chi connectivity index (χ1) is 24.2. The van der Waals surface area contributed by atoms with Gasteiger partial charge in [0.1, 0.15) is 0 Å². The molecule has 0 bridgehead atoms. The summed E-state index contributed by atoms with van der Waals surface area (Å²) in [7, 11) is 4.16. The predicted octanol–water partition coefficient (Wildman–Crippen LogP) is 4.92. The lowest BCUT2D eigenvalue weighted by Crippen LogP contribution is -2.67. The number of methoxy groups -OCH3 is 3. The third kappa shape index (κ3) is 9.31. The standard InChI is InChI=1S/C35H38F3N7O5.2ClH/c1-47-29-17-39-16-27(40-29)33(46)44-14-15-45-25(19-44)18-43(20-26-31(48-2)41-34(49-3)42-32(26)50-22-35(36,37)38)21-28(45)30(23-10-6-4-7-11-23)24-12-8-5-9-13-24;;/h4-13,16-17,25,28,30H,14-15,18-22H2,1-3H3;2*1H/t25-,28?;;/m0../s1. The SMILES string of the molecule is COc1cncc(C(=O)N2CCN3C(C(c4ccccc4)c4ccccc4)CN(Cc4c(OC)nc(OC)nc4OCC(F)(F)F)C[C@H]3C2)n1.Cl.Cl. The Bertz CT molecular complexity index is 1720. The molecule has 4 heterocycles. The molecule has 2 aromatic carbocycles. The number of fused-ring (bicyclic) bond motifs is 1. The van der Waals surface area contributed by atoms with Gasteiger partial charge in [0.05, 0.1) is 39.3 Å². The number of aromatic nitrogens is 4. The zero-order valence-corrected chi connectivity index (χ0v) is 30.4. The summed E-state index contributed by atoms with van der Waals surface area (Å²) < 4.78 is 61.0. The molecule has 2 fully saturated rings. The van der Waals surface area contributed by atoms with Crippen LogP contribution in [0.3, 0.4) is 0 Å². The second kappa shape index (κ2) is 17.9. The normalized spacial score (nSPS) is 17.7. The average molecular weight is 767 g/mol. The van der Waals surface area contributed by atoms with Gasteiger partial charge >= 0.3 is 12.2 Å². The van der Waals surface area contributed by atoms with Gasteiger partial charge in [-0.1, -0.05) is 60.7 Å². The van der Waals surface area contributed by atoms with Crippen LogP contribution in [0.4, 0.5) is 13.2 Å². The van der Waals surface area contributed by atoms with Gasteiger partial charge in [0.25, 0.3) is 5.91 Å². The highest BCUT2D eigenvalue weighted by Gasteiger charge is 2.44. The summed E-state index contributed by atoms with van der Waals surface area (Å²) in [4.78, 5) is 36.9. The molecule has 2 aliphatic rings. The Morgan fingerprint density at radius 2 is 1.48 bits per heavy atom. The number of nitrogens with zero attached hydrogens (tertiary/aromatic N) is 7. The van der Waals surface area contributed by atoms with Gasteiger partial charge in [-0.25, -0.2) is 4.98 Å². The van der Waals surface area contributed by atoms with Crippen LogP contribution >= 0.6 is 24.8 Å². The molecule has 0 radical (unpaired) electrons. The second-order valence-corrected chi connectivity index (χ2v) is 12.1. The maximum Gasteiger partial charge on any atom is 0.422 e. The molecule has 0 aliphatic carbocycles. The summed E-state index contributed by atoms with van der Waals surface area (Å²) in [6.07, 6.45) is -1.73. The van der Waals surface area contributed by atoms with E-state index in [1.54, 1.807) is 4.90 Å². The zero-order chi connectivity index (χ0) is 35.3. The number of carbonyl (C=O) groups is 1. The fraction of sp³-hybridized carbons (Fsp3) is 0.400. The van der Waals surface area contributed by atoms with Crippen molar-refractivity contribution in [1.29, 1.82) is 0 Å². The molecule has 0 spiro atoms. The highest BCUT2D eigenvalue weighted by Crippen LogP contribution is 2.38. The van der Waals surface area contributed by atoms with Crippen molar-refractivity contribution in [2.75, 3.05) is 60.7 Å². The molecule has 12 nitrogen and oxygen atoms in total. The van der Waals surface area contributed by atoms with Crippen molar-refractivity contribution in [3.8, 4) is 23.7 Å². The summed E-state index contributed by atoms with van der Waals surface area (Å²) >= 11 is 0. The molecule has 0 N–H and O–H groups in total. The Morgan fingerprint density at radius 3 is 2.08 bits per heavy atom. The largest absolute Gasteiger partial charge is 0.481 e. The number of hydrogen-bond donors (Lipinski definition) is 0. The molecule has 2 atom stereocenters. The molecule has 2 aromatic heterocycles. The van der Waals surface area contributed by atoms with E-state index in [0.29, 0.717) is 32.7 Å². The van der Waals surface area contributed by atoms with E-state index in [1.807, 2.05) is 36.4 Å². The van der Waals surface area contributed by atoms with Crippen LogP contribution in [0, 0.1) is 0 Å². The van der Waals surface area contributed by atoms with Gasteiger partial charge in [0, 0.05) is 57.3 Å². The van der Waals surface area contributed by atoms with Crippen molar-refractivity contribution >= 4 is 30.7 Å². The number of benzene rings is 2. The zero-order valence-electron chi connectivity index (χ0n) is 28.7. The van der Waals surface area contributed by atoms with Crippen LogP contribution in [-0.4, -0.2) is 119 Å². The molecule has 52 heavy (non-hydrogen) atoms. The number of piperazine rings is 2. The first-order valence-corrected chi connectivity index (χ1v) is 16.1. The first-order valence-electron chi connectivity index (χ1n) is 16.1. The quantitative estimate of drug-likeness (QED) is 0.207. The summed E-state index contributed by atoms with van der Waals surface area (Å²) in [5.74, 6) is -0.312. The Hall–Kier alpha value is -4.44. The Balaban J connectivity index is 0.00000302. The van der Waals surface area contributed by atoms with Crippen LogP contribution in [0.2, 0.25) is 0 Å². The summed E-state index contributed by atoms with van der Waals surface area (Å²) in [6, 6.07) is 20.0. The van der Waals surface area contributed by atoms with Gasteiger partial charge < -0.3 is 23.8 Å². The molecular weight excluding hydrogens is 726 g/mol. The number of hydrogen-bond acceptors (Lipinski definition) is 11. The van der Waals surface area contributed by atoms with Crippen LogP contribution in [-0.2, 0) is 6.54 Å². The van der Waals surface area contributed by atoms with Crippen LogP contribution in [0.15, 0.2) is 73.1 Å². The number of carbonyl (C=O) groups excluding carboxylic acids is 1. The molecule has 2 saturated heterocycles. The van der Waals surface area contributed by atoms with Gasteiger partial charge in [0.2, 0.25) is 17.6 Å². The summed E-state index contributed by atoms with van der Waals surface area (Å²) in [5.41, 5.74) is 2.68. The number of rotatable bonds is 11. The van der Waals surface area contributed by atoms with Crippen molar-refractivity contribution in [1.82, 2.24) is 34.6 Å². The molecular formula is C35H40Cl2F3N7O5. The van der Waals surface area contributed by atoms with Crippen LogP contribution in [0.5, 0.6) is 23.7 Å². The minimum absolute atomic E-state index is 0. The van der Waals surface area contributed by atoms with E-state index in [-0.39, 0.29) is 90.2 Å². The lowest BCUT2D eigenvalue weighted by molar-refractivity contribution is -0.154. The minimum atomic E-state index is -4.59. The predicted molar refractivity (Wildman–Crippen MR) is 190 cm³/mol. The highest BCUT2D eigenvalue weighted by molar-refractivity contribution is 5.92. The van der Waals surface area contributed by atoms with Crippen LogP contribution < -0.4 is 18.9 Å². The second-order valence-electron chi connectivity index (χ2n) is 12.1. The van der Waals surface area contributed by atoms with Crippen molar-refractivity contribution in [2.24, 2.45) is 0 Å². The fourth-order valence-corrected chi connectivity index (χ4v) is 6.80. The lowest BCUT2D eigenvalue weighted by Gasteiger charge is -2.53. The van der Waals surface area contributed by atoms with Crippen LogP contribution in [0.25, 0.3) is 0 Å². The summed E-state index contributed by atoms with van der Waals surface area (Å²) in [6.45, 7) is 1.04. The third-order valence-electron chi connectivity index (χ3n) is 8.94. The van der Waals surface area contributed by atoms with Gasteiger partial charge in [-0.15, -0.1) is 24.8 Å². The topological polar surface area (TPSA) is 115 Å². The Morgan fingerprint density at radius 1 is 0.827 bits per heavy atom. The number of alkyl halides is 3. The molecule has 17 heteroatoms. The van der Waals surface area contributed by atoms with Gasteiger partial charge in [-0.2, -0.15) is 23.1 Å². The van der Waals surface area contributed by atoms with Crippen molar-refractivity contribution in [3.63, 3.8) is 0 Å². The smallest absolute Gasteiger partial charge is 0.422 e. The van der Waals surface area contributed by atoms with E-state index >= 15 is 0 Å². The molecule has 1 amide bonds. The number of amides is 1. The van der Waals surface area contributed by atoms with Crippen LogP contribution in [0.1, 0.15) is 33.1 Å². The Labute approximate surface area is 312 Å². The Kier molecular flexibility index (Phi) is 13.9. The van der Waals surface area contributed by atoms with E-state index in [1.165, 1.54) is 33.7 Å². The molecule has 6 rings (SSSR count). The maximum absolute atomic E-state index is 13.7. The average Bonchev–Trinajstić information content (AvgIpc) is 3.14. The number of halogens is 5. The van der Waals surface area contributed by atoms with Gasteiger partial charge in [-0.05, 0) is 11.1 Å². The van der Waals surface area contributed by atoms with Crippen molar-refractivity contribution in [3.05, 3.63) is 95.4 Å². The van der Waals surface area contributed by atoms with Gasteiger partial charge in [0.15, 0.2) is 12.3 Å². The van der Waals surface area contributed by atoms with E-state index in [9.17, 15) is 18.0 Å². The van der Waals surface area contributed by atoms with E-state index in [2.05, 4.69) is 54.0 Å². The van der Waals surface area contributed by atoms with E-state index < -0.39 is 12.8 Å². The van der Waals surface area contributed by atoms with Gasteiger partial charge in [-0.3, -0.25) is 19.6 Å². The molecule has 2 aliphatic heterocycles. The number of ether oxygens (including phenoxy) is 4. The van der Waals surface area contributed by atoms with E-state index in [0.717, 1.165) is 11.1 Å². The lowest BCUT2D eigenvalue weighted by atomic mass is 9.81. The molecule has 4 aromatic rings. The molecule has 280 valence electrons. The highest BCUT2D eigenvalue weighted by atomic mass is 35.5. The summed E-state index contributed by atoms with van der Waals surface area (Å²) in [5, 5.41) is 0. The van der Waals surface area contributed by atoms with Crippen molar-refractivity contribution in [2.45, 2.75) is 30.7 Å². The first kappa shape index (κ1) is 40.3. The minimum Gasteiger partial charge on any atom is -0.481 e. The maximum atomic E-state index is 13.7. The third-order valence-corrected chi connectivity index (χ3v) is 8.94. The molecule has 0 saturated carbocycles. The molecule has 1 unspecified atom stereocenters.